The van der Waals surface area contributed by atoms with E-state index in [-0.39, 0.29) is 5.43 Å². The van der Waals surface area contributed by atoms with Crippen LogP contribution < -0.4 is 5.43 Å². The second-order valence-electron chi connectivity index (χ2n) is 6.44. The number of hydrogen-bond donors (Lipinski definition) is 1. The Balaban J connectivity index is 1.76. The van der Waals surface area contributed by atoms with Crippen molar-refractivity contribution in [3.63, 3.8) is 0 Å². The molecule has 4 nitrogen and oxygen atoms in total. The van der Waals surface area contributed by atoms with Crippen molar-refractivity contribution in [3.05, 3.63) is 68.3 Å². The van der Waals surface area contributed by atoms with Crippen LogP contribution in [0.4, 0.5) is 0 Å². The monoisotopic (exact) mass is 335 g/mol. The summed E-state index contributed by atoms with van der Waals surface area (Å²) in [6.07, 6.45) is 1.98. The minimum Gasteiger partial charge on any atom is -0.364 e. The minimum absolute atomic E-state index is 0.143. The molecule has 1 aromatic carbocycles. The molecule has 0 aliphatic carbocycles. The predicted molar refractivity (Wildman–Crippen MR) is 98.4 cm³/mol. The first kappa shape index (κ1) is 14.0. The molecule has 4 aromatic rings. The summed E-state index contributed by atoms with van der Waals surface area (Å²) in [4.78, 5) is 19.5. The van der Waals surface area contributed by atoms with Gasteiger partial charge in [0.15, 0.2) is 5.43 Å². The van der Waals surface area contributed by atoms with E-state index in [1.807, 2.05) is 12.3 Å². The molecular weight excluding hydrogens is 318 g/mol. The Morgan fingerprint density at radius 1 is 1.17 bits per heavy atom. The van der Waals surface area contributed by atoms with Gasteiger partial charge in [-0.3, -0.25) is 9.69 Å². The maximum absolute atomic E-state index is 12.5. The number of hydrogen-bond acceptors (Lipinski definition) is 3. The van der Waals surface area contributed by atoms with Crippen LogP contribution >= 0.6 is 11.3 Å². The van der Waals surface area contributed by atoms with Crippen molar-refractivity contribution in [2.24, 2.45) is 0 Å². The Labute approximate surface area is 143 Å². The topological polar surface area (TPSA) is 41.0 Å². The van der Waals surface area contributed by atoms with Crippen LogP contribution in [0.3, 0.4) is 0 Å². The molecule has 0 amide bonds. The lowest BCUT2D eigenvalue weighted by Gasteiger charge is -2.28. The smallest absolute Gasteiger partial charge is 0.185 e. The van der Waals surface area contributed by atoms with Crippen LogP contribution in [0.25, 0.3) is 21.8 Å². The largest absolute Gasteiger partial charge is 0.364 e. The van der Waals surface area contributed by atoms with Crippen molar-refractivity contribution >= 4 is 33.1 Å². The van der Waals surface area contributed by atoms with E-state index in [4.69, 9.17) is 0 Å². The van der Waals surface area contributed by atoms with E-state index in [1.54, 1.807) is 17.4 Å². The SMILES string of the molecule is Cc1[nH]ccc2c3ccc(=O)c4c3n(c12)CN(Cc1cccs1)C4. The standard InChI is InChI=1S/C19H17N3OS/c1-12-18-15(6-7-20-12)14-4-5-17(23)16-10-21(11-22(18)19(14)16)9-13-3-2-8-24-13/h2-8,20H,9-11H2,1H3. The molecule has 5 heteroatoms. The first-order valence-corrected chi connectivity index (χ1v) is 8.97. The summed E-state index contributed by atoms with van der Waals surface area (Å²) < 4.78 is 2.31. The number of aryl methyl sites for hydroxylation is 1. The number of aromatic amines is 1. The molecule has 0 unspecified atom stereocenters. The Kier molecular flexibility index (Phi) is 2.96. The highest BCUT2D eigenvalue weighted by Crippen LogP contribution is 2.34. The molecule has 0 spiro atoms. The summed E-state index contributed by atoms with van der Waals surface area (Å²) in [5.74, 6) is 0. The third-order valence-electron chi connectivity index (χ3n) is 4.91. The minimum atomic E-state index is 0.143. The van der Waals surface area contributed by atoms with Crippen molar-refractivity contribution in [2.45, 2.75) is 26.7 Å². The van der Waals surface area contributed by atoms with E-state index in [0.717, 1.165) is 30.0 Å². The molecule has 5 rings (SSSR count). The first-order chi connectivity index (χ1) is 11.7. The first-order valence-electron chi connectivity index (χ1n) is 8.09. The van der Waals surface area contributed by atoms with Crippen LogP contribution in [0.15, 0.2) is 46.7 Å². The molecule has 0 bridgehead atoms. The lowest BCUT2D eigenvalue weighted by molar-refractivity contribution is 0.198. The van der Waals surface area contributed by atoms with Gasteiger partial charge in [-0.1, -0.05) is 6.07 Å². The quantitative estimate of drug-likeness (QED) is 0.605. The number of thiophene rings is 1. The highest BCUT2D eigenvalue weighted by molar-refractivity contribution is 7.09. The van der Waals surface area contributed by atoms with Crippen LogP contribution in [0.5, 0.6) is 0 Å². The lowest BCUT2D eigenvalue weighted by Crippen LogP contribution is -2.32. The summed E-state index contributed by atoms with van der Waals surface area (Å²) in [6, 6.07) is 10.1. The van der Waals surface area contributed by atoms with E-state index in [2.05, 4.69) is 45.0 Å². The average molecular weight is 335 g/mol. The Morgan fingerprint density at radius 2 is 2.04 bits per heavy atom. The van der Waals surface area contributed by atoms with E-state index < -0.39 is 0 Å². The fourth-order valence-electron chi connectivity index (χ4n) is 3.92. The zero-order chi connectivity index (χ0) is 16.3. The van der Waals surface area contributed by atoms with Gasteiger partial charge < -0.3 is 9.55 Å². The van der Waals surface area contributed by atoms with Crippen LogP contribution in [0.1, 0.15) is 16.1 Å². The van der Waals surface area contributed by atoms with Gasteiger partial charge in [0.1, 0.15) is 0 Å². The van der Waals surface area contributed by atoms with Gasteiger partial charge in [0.05, 0.1) is 17.7 Å². The number of fused-ring (bicyclic) bond motifs is 3. The van der Waals surface area contributed by atoms with Crippen molar-refractivity contribution in [1.82, 2.24) is 14.5 Å². The van der Waals surface area contributed by atoms with Gasteiger partial charge >= 0.3 is 0 Å². The molecule has 1 N–H and O–H groups in total. The molecule has 0 radical (unpaired) electrons. The van der Waals surface area contributed by atoms with E-state index in [0.29, 0.717) is 6.54 Å². The third-order valence-corrected chi connectivity index (χ3v) is 5.77. The number of aromatic nitrogens is 2. The Hall–Kier alpha value is -2.37. The molecule has 1 aliphatic rings. The van der Waals surface area contributed by atoms with Crippen molar-refractivity contribution in [2.75, 3.05) is 0 Å². The molecule has 3 aromatic heterocycles. The number of nitrogens with zero attached hydrogens (tertiary/aromatic N) is 2. The van der Waals surface area contributed by atoms with Gasteiger partial charge in [-0.05, 0) is 36.6 Å². The van der Waals surface area contributed by atoms with Crippen LogP contribution in [0, 0.1) is 6.92 Å². The zero-order valence-corrected chi connectivity index (χ0v) is 14.2. The maximum Gasteiger partial charge on any atom is 0.185 e. The van der Waals surface area contributed by atoms with Crippen LogP contribution in [-0.2, 0) is 19.8 Å². The highest BCUT2D eigenvalue weighted by Gasteiger charge is 2.24. The number of nitrogens with one attached hydrogen (secondary N) is 1. The van der Waals surface area contributed by atoms with E-state index in [9.17, 15) is 4.79 Å². The number of pyridine rings is 1. The Morgan fingerprint density at radius 3 is 2.88 bits per heavy atom. The fourth-order valence-corrected chi connectivity index (χ4v) is 4.66. The van der Waals surface area contributed by atoms with Crippen LogP contribution in [-0.4, -0.2) is 14.5 Å². The second kappa shape index (κ2) is 5.06. The molecule has 24 heavy (non-hydrogen) atoms. The summed E-state index contributed by atoms with van der Waals surface area (Å²) in [7, 11) is 0. The average Bonchev–Trinajstić information content (AvgIpc) is 3.18. The molecular formula is C19H17N3OS. The van der Waals surface area contributed by atoms with E-state index in [1.165, 1.54) is 21.2 Å². The van der Waals surface area contributed by atoms with Gasteiger partial charge in [0.25, 0.3) is 0 Å². The molecule has 1 aliphatic heterocycles. The van der Waals surface area contributed by atoms with Gasteiger partial charge in [-0.25, -0.2) is 0 Å². The zero-order valence-electron chi connectivity index (χ0n) is 13.4. The van der Waals surface area contributed by atoms with Crippen LogP contribution in [0.2, 0.25) is 0 Å². The van der Waals surface area contributed by atoms with E-state index >= 15 is 0 Å². The summed E-state index contributed by atoms with van der Waals surface area (Å²) >= 11 is 1.77. The second-order valence-corrected chi connectivity index (χ2v) is 7.47. The normalized spacial score (nSPS) is 14.7. The molecule has 4 heterocycles. The molecule has 0 fully saturated rings. The van der Waals surface area contributed by atoms with Gasteiger partial charge in [0.2, 0.25) is 0 Å². The van der Waals surface area contributed by atoms with Gasteiger partial charge in [-0.2, -0.15) is 0 Å². The third kappa shape index (κ3) is 1.92. The number of H-pyrrole nitrogens is 1. The lowest BCUT2D eigenvalue weighted by atomic mass is 10.1. The van der Waals surface area contributed by atoms with Crippen molar-refractivity contribution in [3.8, 4) is 0 Å². The fraction of sp³-hybridized carbons (Fsp3) is 0.211. The molecule has 120 valence electrons. The number of benzene rings is 1. The summed E-state index contributed by atoms with van der Waals surface area (Å²) in [5.41, 5.74) is 4.52. The van der Waals surface area contributed by atoms with Crippen molar-refractivity contribution < 1.29 is 0 Å². The van der Waals surface area contributed by atoms with Gasteiger partial charge in [0, 0.05) is 46.2 Å². The maximum atomic E-state index is 12.5. The molecule has 0 atom stereocenters. The Bertz CT molecular complexity index is 1120. The highest BCUT2D eigenvalue weighted by atomic mass is 32.1. The summed E-state index contributed by atoms with van der Waals surface area (Å²) in [6.45, 7) is 4.50. The number of rotatable bonds is 2. The van der Waals surface area contributed by atoms with Crippen molar-refractivity contribution in [1.29, 1.82) is 0 Å². The summed E-state index contributed by atoms with van der Waals surface area (Å²) in [5, 5.41) is 4.52. The molecule has 0 saturated heterocycles. The van der Waals surface area contributed by atoms with Gasteiger partial charge in [-0.15, -0.1) is 11.3 Å². The predicted octanol–water partition coefficient (Wildman–Crippen LogP) is 3.83. The molecule has 0 saturated carbocycles.